The fraction of sp³-hybridized carbons (Fsp3) is 0.765. The van der Waals surface area contributed by atoms with Crippen molar-refractivity contribution in [3.63, 3.8) is 0 Å². The topological polar surface area (TPSA) is 15.3 Å². The molecule has 0 amide bonds. The number of hydrogen-bond acceptors (Lipinski definition) is 3. The Morgan fingerprint density at radius 1 is 1.45 bits per heavy atom. The molecule has 3 heteroatoms. The van der Waals surface area contributed by atoms with Crippen LogP contribution < -0.4 is 5.32 Å². The second kappa shape index (κ2) is 7.58. The quantitative estimate of drug-likeness (QED) is 0.847. The van der Waals surface area contributed by atoms with E-state index >= 15 is 0 Å². The summed E-state index contributed by atoms with van der Waals surface area (Å²) in [6.07, 6.45) is 5.49. The van der Waals surface area contributed by atoms with Gasteiger partial charge in [0.2, 0.25) is 0 Å². The van der Waals surface area contributed by atoms with Crippen LogP contribution in [0, 0.1) is 11.8 Å². The second-order valence-corrected chi connectivity index (χ2v) is 7.35. The van der Waals surface area contributed by atoms with Crippen molar-refractivity contribution in [3.05, 3.63) is 22.4 Å². The van der Waals surface area contributed by atoms with Gasteiger partial charge in [0.15, 0.2) is 0 Å². The molecule has 1 aromatic rings. The van der Waals surface area contributed by atoms with Crippen molar-refractivity contribution in [1.82, 2.24) is 10.2 Å². The largest absolute Gasteiger partial charge is 0.317 e. The maximum absolute atomic E-state index is 3.55. The fourth-order valence-corrected chi connectivity index (χ4v) is 4.44. The van der Waals surface area contributed by atoms with E-state index in [0.717, 1.165) is 11.8 Å². The van der Waals surface area contributed by atoms with Gasteiger partial charge in [0.05, 0.1) is 0 Å². The zero-order valence-electron chi connectivity index (χ0n) is 13.4. The average molecular weight is 295 g/mol. The smallest absolute Gasteiger partial charge is 0.0410 e. The van der Waals surface area contributed by atoms with Crippen molar-refractivity contribution < 1.29 is 0 Å². The molecule has 0 aromatic carbocycles. The summed E-state index contributed by atoms with van der Waals surface area (Å²) in [5.74, 6) is 1.74. The molecular weight excluding hydrogens is 264 g/mol. The van der Waals surface area contributed by atoms with Gasteiger partial charge in [-0.2, -0.15) is 0 Å². The molecule has 1 N–H and O–H groups in total. The molecule has 114 valence electrons. The Bertz CT molecular complexity index is 376. The van der Waals surface area contributed by atoms with Gasteiger partial charge in [0.25, 0.3) is 0 Å². The zero-order valence-corrected chi connectivity index (χ0v) is 14.2. The third-order valence-corrected chi connectivity index (χ3v) is 6.22. The summed E-state index contributed by atoms with van der Waals surface area (Å²) in [6, 6.07) is 5.66. The summed E-state index contributed by atoms with van der Waals surface area (Å²) < 4.78 is 0. The Morgan fingerprint density at radius 3 is 2.85 bits per heavy atom. The van der Waals surface area contributed by atoms with Crippen molar-refractivity contribution in [2.75, 3.05) is 20.6 Å². The molecule has 1 aliphatic rings. The van der Waals surface area contributed by atoms with Gasteiger partial charge in [-0.05, 0) is 63.6 Å². The Labute approximate surface area is 128 Å². The number of nitrogens with one attached hydrogen (secondary N) is 1. The first kappa shape index (κ1) is 16.0. The molecule has 0 bridgehead atoms. The van der Waals surface area contributed by atoms with Crippen molar-refractivity contribution >= 4 is 11.3 Å². The number of hydrogen-bond donors (Lipinski definition) is 1. The number of rotatable bonds is 6. The van der Waals surface area contributed by atoms with Gasteiger partial charge in [-0.15, -0.1) is 11.3 Å². The summed E-state index contributed by atoms with van der Waals surface area (Å²) in [5.41, 5.74) is 0. The standard InChI is InChI=1S/C17H30N2S/c1-5-14-8-9-16(18-3)15(11-14)12-19(4)13(2)17-7-6-10-20-17/h6-7,10,13-16,18H,5,8-9,11-12H2,1-4H3. The molecule has 1 aliphatic carbocycles. The molecule has 4 atom stereocenters. The van der Waals surface area contributed by atoms with Crippen LogP contribution in [-0.4, -0.2) is 31.6 Å². The minimum absolute atomic E-state index is 0.537. The first-order valence-electron chi connectivity index (χ1n) is 8.06. The van der Waals surface area contributed by atoms with Crippen LogP contribution in [0.15, 0.2) is 17.5 Å². The lowest BCUT2D eigenvalue weighted by Crippen LogP contribution is -2.44. The Kier molecular flexibility index (Phi) is 6.06. The van der Waals surface area contributed by atoms with E-state index in [9.17, 15) is 0 Å². The van der Waals surface area contributed by atoms with Crippen LogP contribution in [0.3, 0.4) is 0 Å². The summed E-state index contributed by atoms with van der Waals surface area (Å²) >= 11 is 1.88. The highest BCUT2D eigenvalue weighted by Crippen LogP contribution is 2.33. The molecule has 1 saturated carbocycles. The lowest BCUT2D eigenvalue weighted by Gasteiger charge is -2.39. The third-order valence-electron chi connectivity index (χ3n) is 5.18. The number of nitrogens with zero attached hydrogens (tertiary/aromatic N) is 1. The van der Waals surface area contributed by atoms with E-state index in [2.05, 4.69) is 55.7 Å². The molecular formula is C17H30N2S. The molecule has 1 heterocycles. The SMILES string of the molecule is CCC1CCC(NC)C(CN(C)C(C)c2cccs2)C1. The van der Waals surface area contributed by atoms with Crippen LogP contribution in [0.25, 0.3) is 0 Å². The lowest BCUT2D eigenvalue weighted by molar-refractivity contribution is 0.137. The molecule has 0 spiro atoms. The van der Waals surface area contributed by atoms with E-state index in [1.165, 1.54) is 37.1 Å². The van der Waals surface area contributed by atoms with E-state index in [0.29, 0.717) is 12.1 Å². The van der Waals surface area contributed by atoms with Crippen LogP contribution in [-0.2, 0) is 0 Å². The Hall–Kier alpha value is -0.380. The molecule has 1 aromatic heterocycles. The van der Waals surface area contributed by atoms with Crippen molar-refractivity contribution in [1.29, 1.82) is 0 Å². The van der Waals surface area contributed by atoms with Crippen LogP contribution in [0.5, 0.6) is 0 Å². The molecule has 2 rings (SSSR count). The molecule has 4 unspecified atom stereocenters. The van der Waals surface area contributed by atoms with Crippen LogP contribution >= 0.6 is 11.3 Å². The Balaban J connectivity index is 1.95. The minimum Gasteiger partial charge on any atom is -0.317 e. The summed E-state index contributed by atoms with van der Waals surface area (Å²) in [4.78, 5) is 4.02. The average Bonchev–Trinajstić information content (AvgIpc) is 3.00. The minimum atomic E-state index is 0.537. The van der Waals surface area contributed by atoms with Gasteiger partial charge in [0, 0.05) is 23.5 Å². The van der Waals surface area contributed by atoms with Gasteiger partial charge in [0.1, 0.15) is 0 Å². The van der Waals surface area contributed by atoms with Crippen molar-refractivity contribution in [3.8, 4) is 0 Å². The lowest BCUT2D eigenvalue weighted by atomic mass is 9.76. The highest BCUT2D eigenvalue weighted by Gasteiger charge is 2.30. The predicted molar refractivity (Wildman–Crippen MR) is 89.3 cm³/mol. The summed E-state index contributed by atoms with van der Waals surface area (Å²) in [6.45, 7) is 5.89. The number of thiophene rings is 1. The Morgan fingerprint density at radius 2 is 2.25 bits per heavy atom. The highest BCUT2D eigenvalue weighted by molar-refractivity contribution is 7.10. The normalized spacial score (nSPS) is 28.8. The van der Waals surface area contributed by atoms with Gasteiger partial charge < -0.3 is 5.32 Å². The molecule has 0 radical (unpaired) electrons. The summed E-state index contributed by atoms with van der Waals surface area (Å²) in [7, 11) is 4.42. The van der Waals surface area contributed by atoms with Crippen LogP contribution in [0.1, 0.15) is 50.4 Å². The monoisotopic (exact) mass is 294 g/mol. The van der Waals surface area contributed by atoms with Crippen LogP contribution in [0.2, 0.25) is 0 Å². The van der Waals surface area contributed by atoms with Gasteiger partial charge in [-0.3, -0.25) is 4.90 Å². The zero-order chi connectivity index (χ0) is 14.5. The third kappa shape index (κ3) is 3.84. The van der Waals surface area contributed by atoms with E-state index in [4.69, 9.17) is 0 Å². The van der Waals surface area contributed by atoms with E-state index in [1.807, 2.05) is 11.3 Å². The fourth-order valence-electron chi connectivity index (χ4n) is 3.59. The predicted octanol–water partition coefficient (Wildman–Crippen LogP) is 4.16. The van der Waals surface area contributed by atoms with Crippen LogP contribution in [0.4, 0.5) is 0 Å². The van der Waals surface area contributed by atoms with E-state index < -0.39 is 0 Å². The summed E-state index contributed by atoms with van der Waals surface area (Å²) in [5, 5.41) is 5.74. The maximum Gasteiger partial charge on any atom is 0.0410 e. The van der Waals surface area contributed by atoms with Gasteiger partial charge >= 0.3 is 0 Å². The molecule has 1 fully saturated rings. The van der Waals surface area contributed by atoms with Gasteiger partial charge in [-0.1, -0.05) is 19.4 Å². The molecule has 0 saturated heterocycles. The van der Waals surface area contributed by atoms with Crippen molar-refractivity contribution in [2.24, 2.45) is 11.8 Å². The molecule has 2 nitrogen and oxygen atoms in total. The molecule has 20 heavy (non-hydrogen) atoms. The second-order valence-electron chi connectivity index (χ2n) is 6.37. The van der Waals surface area contributed by atoms with Crippen molar-refractivity contribution in [2.45, 2.75) is 51.6 Å². The highest BCUT2D eigenvalue weighted by atomic mass is 32.1. The van der Waals surface area contributed by atoms with Gasteiger partial charge in [-0.25, -0.2) is 0 Å². The maximum atomic E-state index is 3.55. The first-order chi connectivity index (χ1) is 9.65. The first-order valence-corrected chi connectivity index (χ1v) is 8.94. The van der Waals surface area contributed by atoms with E-state index in [1.54, 1.807) is 0 Å². The molecule has 0 aliphatic heterocycles. The van der Waals surface area contributed by atoms with E-state index in [-0.39, 0.29) is 0 Å².